The summed E-state index contributed by atoms with van der Waals surface area (Å²) >= 11 is 2.01. The number of hydrogen-bond acceptors (Lipinski definition) is 4. The first-order chi connectivity index (χ1) is 7.43. The molecule has 1 aromatic rings. The van der Waals surface area contributed by atoms with Crippen molar-refractivity contribution in [1.29, 1.82) is 0 Å². The van der Waals surface area contributed by atoms with Crippen LogP contribution in [0.5, 0.6) is 0 Å². The fourth-order valence-corrected chi connectivity index (χ4v) is 2.15. The molecule has 0 fully saturated rings. The molecule has 0 saturated heterocycles. The quantitative estimate of drug-likeness (QED) is 0.473. The Morgan fingerprint density at radius 2 is 2.25 bits per heavy atom. The van der Waals surface area contributed by atoms with Crippen LogP contribution in [0.25, 0.3) is 0 Å². The maximum absolute atomic E-state index is 11.5. The Morgan fingerprint density at radius 1 is 1.56 bits per heavy atom. The Balaban J connectivity index is 2.53. The van der Waals surface area contributed by atoms with Crippen LogP contribution in [0.4, 0.5) is 5.69 Å². The van der Waals surface area contributed by atoms with Gasteiger partial charge in [-0.1, -0.05) is 0 Å². The van der Waals surface area contributed by atoms with E-state index in [0.29, 0.717) is 5.69 Å². The van der Waals surface area contributed by atoms with Crippen molar-refractivity contribution in [1.82, 2.24) is 0 Å². The standard InChI is InChI=1S/C9H7IN2O4/c10-5-1-2-7-6(3-5)9(14,4-12(15)16)8(13)11-7/h1-3,14H,4H2,(H,11,13). The Kier molecular flexibility index (Phi) is 2.58. The smallest absolute Gasteiger partial charge is 0.268 e. The molecule has 1 heterocycles. The summed E-state index contributed by atoms with van der Waals surface area (Å²) in [6.45, 7) is -0.827. The van der Waals surface area contributed by atoms with Gasteiger partial charge in [-0.15, -0.1) is 0 Å². The van der Waals surface area contributed by atoms with Gasteiger partial charge in [0.05, 0.1) is 0 Å². The van der Waals surface area contributed by atoms with Crippen molar-refractivity contribution in [3.05, 3.63) is 37.4 Å². The van der Waals surface area contributed by atoms with Crippen molar-refractivity contribution in [2.75, 3.05) is 11.9 Å². The van der Waals surface area contributed by atoms with E-state index in [-0.39, 0.29) is 5.56 Å². The third-order valence-electron chi connectivity index (χ3n) is 2.41. The molecule has 0 saturated carbocycles. The van der Waals surface area contributed by atoms with Gasteiger partial charge in [-0.2, -0.15) is 0 Å². The molecule has 1 amide bonds. The first kappa shape index (κ1) is 11.3. The first-order valence-electron chi connectivity index (χ1n) is 4.39. The molecule has 0 bridgehead atoms. The van der Waals surface area contributed by atoms with Gasteiger partial charge in [-0.3, -0.25) is 14.9 Å². The number of hydrogen-bond donors (Lipinski definition) is 2. The Hall–Kier alpha value is -1.22. The van der Waals surface area contributed by atoms with Gasteiger partial charge in [-0.05, 0) is 40.8 Å². The highest BCUT2D eigenvalue weighted by Crippen LogP contribution is 2.36. The Morgan fingerprint density at radius 3 is 2.88 bits per heavy atom. The van der Waals surface area contributed by atoms with Crippen LogP contribution in [0.2, 0.25) is 0 Å². The third kappa shape index (κ3) is 1.65. The van der Waals surface area contributed by atoms with Crippen LogP contribution >= 0.6 is 22.6 Å². The summed E-state index contributed by atoms with van der Waals surface area (Å²) in [6, 6.07) is 4.93. The predicted octanol–water partition coefficient (Wildman–Crippen LogP) is 0.708. The van der Waals surface area contributed by atoms with Gasteiger partial charge < -0.3 is 10.4 Å². The minimum atomic E-state index is -2.06. The zero-order chi connectivity index (χ0) is 11.9. The molecule has 2 N–H and O–H groups in total. The number of fused-ring (bicyclic) bond motifs is 1. The number of benzene rings is 1. The van der Waals surface area contributed by atoms with Crippen molar-refractivity contribution in [2.45, 2.75) is 5.60 Å². The van der Waals surface area contributed by atoms with Gasteiger partial charge in [0.2, 0.25) is 12.1 Å². The largest absolute Gasteiger partial charge is 0.370 e. The molecule has 1 aliphatic heterocycles. The molecule has 1 unspecified atom stereocenters. The van der Waals surface area contributed by atoms with Gasteiger partial charge >= 0.3 is 0 Å². The van der Waals surface area contributed by atoms with Gasteiger partial charge in [-0.25, -0.2) is 0 Å². The highest BCUT2D eigenvalue weighted by Gasteiger charge is 2.49. The first-order valence-corrected chi connectivity index (χ1v) is 5.47. The van der Waals surface area contributed by atoms with E-state index < -0.39 is 23.0 Å². The number of rotatable bonds is 2. The zero-order valence-electron chi connectivity index (χ0n) is 7.94. The lowest BCUT2D eigenvalue weighted by molar-refractivity contribution is -0.498. The number of amides is 1. The average molecular weight is 334 g/mol. The number of nitrogens with one attached hydrogen (secondary N) is 1. The predicted molar refractivity (Wildman–Crippen MR) is 63.5 cm³/mol. The topological polar surface area (TPSA) is 92.5 Å². The monoisotopic (exact) mass is 334 g/mol. The molecule has 6 nitrogen and oxygen atoms in total. The third-order valence-corrected chi connectivity index (χ3v) is 3.08. The normalized spacial score (nSPS) is 22.8. The summed E-state index contributed by atoms with van der Waals surface area (Å²) < 4.78 is 0.801. The molecule has 0 aromatic heterocycles. The number of nitrogens with zero attached hydrogens (tertiary/aromatic N) is 1. The number of nitro groups is 1. The summed E-state index contributed by atoms with van der Waals surface area (Å²) in [5, 5.41) is 22.9. The molecule has 1 atom stereocenters. The van der Waals surface area contributed by atoms with E-state index in [4.69, 9.17) is 0 Å². The van der Waals surface area contributed by atoms with E-state index >= 15 is 0 Å². The number of anilines is 1. The van der Waals surface area contributed by atoms with E-state index in [1.54, 1.807) is 18.2 Å². The molecule has 16 heavy (non-hydrogen) atoms. The number of carbonyl (C=O) groups is 1. The lowest BCUT2D eigenvalue weighted by Crippen LogP contribution is -2.40. The fraction of sp³-hybridized carbons (Fsp3) is 0.222. The van der Waals surface area contributed by atoms with Crippen LogP contribution in [0.3, 0.4) is 0 Å². The molecule has 84 valence electrons. The summed E-state index contributed by atoms with van der Waals surface area (Å²) in [7, 11) is 0. The van der Waals surface area contributed by atoms with Crippen molar-refractivity contribution in [3.63, 3.8) is 0 Å². The number of carbonyl (C=O) groups excluding carboxylic acids is 1. The highest BCUT2D eigenvalue weighted by atomic mass is 127. The summed E-state index contributed by atoms with van der Waals surface area (Å²) in [6.07, 6.45) is 0. The van der Waals surface area contributed by atoms with Crippen molar-refractivity contribution < 1.29 is 14.8 Å². The summed E-state index contributed by atoms with van der Waals surface area (Å²) in [4.78, 5) is 21.3. The minimum Gasteiger partial charge on any atom is -0.370 e. The maximum atomic E-state index is 11.5. The molecular formula is C9H7IN2O4. The van der Waals surface area contributed by atoms with Crippen molar-refractivity contribution >= 4 is 34.2 Å². The minimum absolute atomic E-state index is 0.265. The van der Waals surface area contributed by atoms with Crippen LogP contribution in [-0.2, 0) is 10.4 Å². The molecule has 0 radical (unpaired) electrons. The van der Waals surface area contributed by atoms with Crippen molar-refractivity contribution in [2.24, 2.45) is 0 Å². The second-order valence-corrected chi connectivity index (χ2v) is 4.74. The molecule has 1 aromatic carbocycles. The van der Waals surface area contributed by atoms with E-state index in [0.717, 1.165) is 3.57 Å². The summed E-state index contributed by atoms with van der Waals surface area (Å²) in [5.41, 5.74) is -1.36. The van der Waals surface area contributed by atoms with Gasteiger partial charge in [0.1, 0.15) is 0 Å². The van der Waals surface area contributed by atoms with E-state index in [9.17, 15) is 20.0 Å². The average Bonchev–Trinajstić information content (AvgIpc) is 2.40. The lowest BCUT2D eigenvalue weighted by Gasteiger charge is -2.15. The van der Waals surface area contributed by atoms with Crippen LogP contribution in [0, 0.1) is 13.7 Å². The van der Waals surface area contributed by atoms with Crippen molar-refractivity contribution in [3.8, 4) is 0 Å². The SMILES string of the molecule is O=C1Nc2ccc(I)cc2C1(O)C[N+](=O)[O-]. The molecule has 0 aliphatic carbocycles. The van der Waals surface area contributed by atoms with E-state index in [1.165, 1.54) is 0 Å². The lowest BCUT2D eigenvalue weighted by atomic mass is 9.96. The van der Waals surface area contributed by atoms with Crippen LogP contribution in [0.15, 0.2) is 18.2 Å². The fourth-order valence-electron chi connectivity index (χ4n) is 1.66. The van der Waals surface area contributed by atoms with Gasteiger partial charge in [0, 0.05) is 19.7 Å². The Bertz CT molecular complexity index is 490. The number of halogens is 1. The molecule has 1 aliphatic rings. The molecule has 2 rings (SSSR count). The second-order valence-electron chi connectivity index (χ2n) is 3.50. The maximum Gasteiger partial charge on any atom is 0.268 e. The molecule has 7 heteroatoms. The van der Waals surface area contributed by atoms with Gasteiger partial charge in [0.15, 0.2) is 0 Å². The summed E-state index contributed by atoms with van der Waals surface area (Å²) in [5.74, 6) is -0.749. The second kappa shape index (κ2) is 3.67. The van der Waals surface area contributed by atoms with Crippen LogP contribution in [-0.4, -0.2) is 22.5 Å². The van der Waals surface area contributed by atoms with E-state index in [1.807, 2.05) is 22.6 Å². The van der Waals surface area contributed by atoms with Crippen LogP contribution < -0.4 is 5.32 Å². The Labute approximate surface area is 104 Å². The zero-order valence-corrected chi connectivity index (χ0v) is 10.1. The number of aliphatic hydroxyl groups is 1. The van der Waals surface area contributed by atoms with E-state index in [2.05, 4.69) is 5.32 Å². The molecular weight excluding hydrogens is 327 g/mol. The van der Waals surface area contributed by atoms with Gasteiger partial charge in [0.25, 0.3) is 5.91 Å². The highest BCUT2D eigenvalue weighted by molar-refractivity contribution is 14.1. The molecule has 0 spiro atoms. The van der Waals surface area contributed by atoms with Crippen LogP contribution in [0.1, 0.15) is 5.56 Å².